The molecule has 0 bridgehead atoms. The van der Waals surface area contributed by atoms with E-state index in [0.717, 1.165) is 28.6 Å². The maximum absolute atomic E-state index is 13.8. The summed E-state index contributed by atoms with van der Waals surface area (Å²) in [5.74, 6) is -4.97. The summed E-state index contributed by atoms with van der Waals surface area (Å²) in [6, 6.07) is 10.6. The number of carbonyl (C=O) groups excluding carboxylic acids is 2. The largest absolute Gasteiger partial charge is 0.481 e. The summed E-state index contributed by atoms with van der Waals surface area (Å²) in [7, 11) is 0. The van der Waals surface area contributed by atoms with Gasteiger partial charge in [-0.3, -0.25) is 14.4 Å². The third-order valence-electron chi connectivity index (χ3n) is 6.16. The van der Waals surface area contributed by atoms with Crippen molar-refractivity contribution in [3.63, 3.8) is 0 Å². The number of aromatic nitrogens is 1. The zero-order valence-corrected chi connectivity index (χ0v) is 18.8. The van der Waals surface area contributed by atoms with Crippen LogP contribution in [0.5, 0.6) is 0 Å². The van der Waals surface area contributed by atoms with Crippen molar-refractivity contribution in [2.45, 2.75) is 31.6 Å². The van der Waals surface area contributed by atoms with E-state index in [1.54, 1.807) is 0 Å². The fraction of sp³-hybridized carbons (Fsp3) is 0.320. The Kier molecular flexibility index (Phi) is 6.12. The number of halogens is 2. The molecule has 4 rings (SSSR count). The van der Waals surface area contributed by atoms with E-state index in [1.807, 2.05) is 38.1 Å². The van der Waals surface area contributed by atoms with Gasteiger partial charge in [0.15, 0.2) is 11.6 Å². The molecule has 34 heavy (non-hydrogen) atoms. The van der Waals surface area contributed by atoms with Gasteiger partial charge in [0.1, 0.15) is 0 Å². The molecule has 1 unspecified atom stereocenters. The predicted molar refractivity (Wildman–Crippen MR) is 122 cm³/mol. The lowest BCUT2D eigenvalue weighted by atomic mass is 9.81. The van der Waals surface area contributed by atoms with E-state index in [9.17, 15) is 23.2 Å². The van der Waals surface area contributed by atoms with Crippen molar-refractivity contribution in [1.82, 2.24) is 15.2 Å². The molecule has 2 heterocycles. The summed E-state index contributed by atoms with van der Waals surface area (Å²) in [5, 5.41) is 12.5. The van der Waals surface area contributed by atoms with Crippen LogP contribution in [0, 0.1) is 11.6 Å². The molecular formula is C25H25F2N3O4. The number of nitrogens with one attached hydrogen (secondary N) is 2. The van der Waals surface area contributed by atoms with E-state index in [4.69, 9.17) is 5.11 Å². The standard InChI is InChI=1S/C25H25F2N3O4/c1-25(2)13-30(24(34)14-7-8-17(26)18(27)11-14)12-16(23(33)28-10-9-20(31)32)22-21(25)15-5-3-4-6-19(15)29-22/h3-8,11,16,29H,9-10,12-13H2,1-2H3,(H,28,33)(H,31,32). The summed E-state index contributed by atoms with van der Waals surface area (Å²) >= 11 is 0. The second kappa shape index (κ2) is 8.89. The third kappa shape index (κ3) is 4.37. The van der Waals surface area contributed by atoms with Gasteiger partial charge in [0.05, 0.1) is 12.3 Å². The number of aliphatic carboxylic acids is 1. The van der Waals surface area contributed by atoms with Gasteiger partial charge in [-0.2, -0.15) is 0 Å². The summed E-state index contributed by atoms with van der Waals surface area (Å²) in [4.78, 5) is 42.2. The first-order valence-electron chi connectivity index (χ1n) is 10.9. The number of aromatic amines is 1. The van der Waals surface area contributed by atoms with Crippen LogP contribution >= 0.6 is 0 Å². The first-order chi connectivity index (χ1) is 16.1. The minimum absolute atomic E-state index is 0.0139. The van der Waals surface area contributed by atoms with Crippen LogP contribution in [-0.2, 0) is 15.0 Å². The number of hydrogen-bond donors (Lipinski definition) is 3. The van der Waals surface area contributed by atoms with Crippen molar-refractivity contribution < 1.29 is 28.3 Å². The first kappa shape index (κ1) is 23.4. The lowest BCUT2D eigenvalue weighted by Gasteiger charge is -2.31. The molecule has 0 aliphatic carbocycles. The van der Waals surface area contributed by atoms with E-state index in [1.165, 1.54) is 11.0 Å². The molecule has 3 N–H and O–H groups in total. The Morgan fingerprint density at radius 3 is 2.59 bits per heavy atom. The molecular weight excluding hydrogens is 444 g/mol. The van der Waals surface area contributed by atoms with Gasteiger partial charge < -0.3 is 20.3 Å². The van der Waals surface area contributed by atoms with Crippen molar-refractivity contribution >= 4 is 28.7 Å². The number of fused-ring (bicyclic) bond motifs is 3. The van der Waals surface area contributed by atoms with E-state index in [2.05, 4.69) is 10.3 Å². The molecule has 1 aliphatic rings. The Labute approximate surface area is 194 Å². The number of nitrogens with zero attached hydrogens (tertiary/aromatic N) is 1. The minimum Gasteiger partial charge on any atom is -0.481 e. The SMILES string of the molecule is CC1(C)CN(C(=O)c2ccc(F)c(F)c2)CC(C(=O)NCCC(=O)O)c2[nH]c3ccccc3c21. The van der Waals surface area contributed by atoms with Crippen molar-refractivity contribution in [3.8, 4) is 0 Å². The van der Waals surface area contributed by atoms with Crippen molar-refractivity contribution in [2.75, 3.05) is 19.6 Å². The third-order valence-corrected chi connectivity index (χ3v) is 6.16. The molecule has 1 aromatic heterocycles. The second-order valence-corrected chi connectivity index (χ2v) is 9.15. The number of amides is 2. The first-order valence-corrected chi connectivity index (χ1v) is 10.9. The topological polar surface area (TPSA) is 102 Å². The smallest absolute Gasteiger partial charge is 0.305 e. The fourth-order valence-electron chi connectivity index (χ4n) is 4.68. The highest BCUT2D eigenvalue weighted by Crippen LogP contribution is 2.41. The Morgan fingerprint density at radius 1 is 1.15 bits per heavy atom. The van der Waals surface area contributed by atoms with Crippen molar-refractivity contribution in [3.05, 3.63) is 70.9 Å². The summed E-state index contributed by atoms with van der Waals surface area (Å²) in [5.41, 5.74) is 1.79. The lowest BCUT2D eigenvalue weighted by molar-refractivity contribution is -0.136. The summed E-state index contributed by atoms with van der Waals surface area (Å²) in [6.07, 6.45) is -0.235. The number of carboxylic acid groups (broad SMARTS) is 1. The van der Waals surface area contributed by atoms with Gasteiger partial charge in [-0.15, -0.1) is 0 Å². The van der Waals surface area contributed by atoms with Crippen LogP contribution in [0.2, 0.25) is 0 Å². The average Bonchev–Trinajstić information content (AvgIpc) is 3.12. The Morgan fingerprint density at radius 2 is 1.88 bits per heavy atom. The molecule has 0 radical (unpaired) electrons. The predicted octanol–water partition coefficient (Wildman–Crippen LogP) is 3.55. The normalized spacial score (nSPS) is 17.2. The van der Waals surface area contributed by atoms with E-state index in [0.29, 0.717) is 5.69 Å². The van der Waals surface area contributed by atoms with E-state index >= 15 is 0 Å². The molecule has 2 amide bonds. The summed E-state index contributed by atoms with van der Waals surface area (Å²) < 4.78 is 27.2. The van der Waals surface area contributed by atoms with Crippen LogP contribution in [0.15, 0.2) is 42.5 Å². The van der Waals surface area contributed by atoms with Crippen molar-refractivity contribution in [1.29, 1.82) is 0 Å². The summed E-state index contributed by atoms with van der Waals surface area (Å²) in [6.45, 7) is 4.09. The van der Waals surface area contributed by atoms with Gasteiger partial charge in [-0.1, -0.05) is 32.0 Å². The highest BCUT2D eigenvalue weighted by Gasteiger charge is 2.41. The molecule has 0 fully saturated rings. The molecule has 1 atom stereocenters. The molecule has 178 valence electrons. The quantitative estimate of drug-likeness (QED) is 0.532. The van der Waals surface area contributed by atoms with Crippen LogP contribution in [0.25, 0.3) is 10.9 Å². The zero-order valence-electron chi connectivity index (χ0n) is 18.8. The van der Waals surface area contributed by atoms with Crippen molar-refractivity contribution in [2.24, 2.45) is 0 Å². The second-order valence-electron chi connectivity index (χ2n) is 9.15. The lowest BCUT2D eigenvalue weighted by Crippen LogP contribution is -2.43. The number of benzene rings is 2. The molecule has 7 nitrogen and oxygen atoms in total. The van der Waals surface area contributed by atoms with Crippen LogP contribution < -0.4 is 5.32 Å². The number of H-pyrrole nitrogens is 1. The molecule has 0 saturated carbocycles. The van der Waals surface area contributed by atoms with Crippen LogP contribution in [0.4, 0.5) is 8.78 Å². The van der Waals surface area contributed by atoms with E-state index in [-0.39, 0.29) is 31.6 Å². The van der Waals surface area contributed by atoms with Gasteiger partial charge in [0, 0.05) is 47.2 Å². The van der Waals surface area contributed by atoms with Gasteiger partial charge in [-0.05, 0) is 29.8 Å². The van der Waals surface area contributed by atoms with Crippen LogP contribution in [0.3, 0.4) is 0 Å². The molecule has 1 aliphatic heterocycles. The maximum atomic E-state index is 13.8. The highest BCUT2D eigenvalue weighted by molar-refractivity contribution is 5.96. The Balaban J connectivity index is 1.76. The maximum Gasteiger partial charge on any atom is 0.305 e. The van der Waals surface area contributed by atoms with E-state index < -0.39 is 40.8 Å². The molecule has 0 spiro atoms. The molecule has 2 aromatic carbocycles. The highest BCUT2D eigenvalue weighted by atomic mass is 19.2. The molecule has 0 saturated heterocycles. The molecule has 3 aromatic rings. The van der Waals surface area contributed by atoms with Gasteiger partial charge >= 0.3 is 5.97 Å². The molecule has 9 heteroatoms. The Hall–Kier alpha value is -3.75. The van der Waals surface area contributed by atoms with Gasteiger partial charge in [0.25, 0.3) is 5.91 Å². The Bertz CT molecular complexity index is 1280. The van der Waals surface area contributed by atoms with Crippen LogP contribution in [0.1, 0.15) is 47.8 Å². The minimum atomic E-state index is -1.13. The number of carbonyl (C=O) groups is 3. The number of para-hydroxylation sites is 1. The van der Waals surface area contributed by atoms with Crippen LogP contribution in [-0.4, -0.2) is 52.4 Å². The fourth-order valence-corrected chi connectivity index (χ4v) is 4.68. The van der Waals surface area contributed by atoms with Gasteiger partial charge in [0.2, 0.25) is 5.91 Å². The van der Waals surface area contributed by atoms with Gasteiger partial charge in [-0.25, -0.2) is 8.78 Å². The number of carboxylic acids is 1. The zero-order chi connectivity index (χ0) is 24.6. The monoisotopic (exact) mass is 469 g/mol. The number of rotatable bonds is 5. The number of hydrogen-bond acceptors (Lipinski definition) is 3. The average molecular weight is 469 g/mol.